The van der Waals surface area contributed by atoms with Gasteiger partial charge in [0.1, 0.15) is 0 Å². The Kier molecular flexibility index (Phi) is 4.54. The zero-order chi connectivity index (χ0) is 11.1. The maximum absolute atomic E-state index is 11.0. The highest BCUT2D eigenvalue weighted by Gasteiger charge is 2.20. The number of allylic oxidation sites excluding steroid dienone is 2. The third kappa shape index (κ3) is 3.94. The first kappa shape index (κ1) is 11.4. The Balaban J connectivity index is 2.26. The van der Waals surface area contributed by atoms with E-state index in [2.05, 4.69) is 11.3 Å². The third-order valence-corrected chi connectivity index (χ3v) is 2.03. The molecule has 0 aliphatic carbocycles. The molecule has 1 aliphatic heterocycles. The predicted molar refractivity (Wildman–Crippen MR) is 57.0 cm³/mol. The van der Waals surface area contributed by atoms with Gasteiger partial charge in [-0.05, 0) is 25.7 Å². The van der Waals surface area contributed by atoms with E-state index in [-0.39, 0.29) is 0 Å². The lowest BCUT2D eigenvalue weighted by Gasteiger charge is -1.92. The van der Waals surface area contributed by atoms with E-state index in [9.17, 15) is 9.59 Å². The average Bonchev–Trinajstić information content (AvgIpc) is 2.51. The number of carbonyl (C=O) groups is 2. The Morgan fingerprint density at radius 1 is 1.27 bits per heavy atom. The molecule has 1 aliphatic rings. The summed E-state index contributed by atoms with van der Waals surface area (Å²) in [4.78, 5) is 21.6. The smallest absolute Gasteiger partial charge is 0.346 e. The van der Waals surface area contributed by atoms with Gasteiger partial charge in [-0.1, -0.05) is 18.2 Å². The molecule has 0 aromatic heterocycles. The molecule has 0 aromatic carbocycles. The second-order valence-corrected chi connectivity index (χ2v) is 3.28. The molecule has 0 fully saturated rings. The highest BCUT2D eigenvalue weighted by Crippen LogP contribution is 2.10. The lowest BCUT2D eigenvalue weighted by molar-refractivity contribution is -0.150. The van der Waals surface area contributed by atoms with E-state index >= 15 is 0 Å². The summed E-state index contributed by atoms with van der Waals surface area (Å²) in [6.07, 6.45) is 10.7. The van der Waals surface area contributed by atoms with Gasteiger partial charge in [0.2, 0.25) is 0 Å². The molecule has 0 unspecified atom stereocenters. The van der Waals surface area contributed by atoms with Gasteiger partial charge in [-0.15, -0.1) is 6.58 Å². The van der Waals surface area contributed by atoms with Crippen molar-refractivity contribution >= 4 is 11.9 Å². The maximum Gasteiger partial charge on any atom is 0.346 e. The van der Waals surface area contributed by atoms with Crippen molar-refractivity contribution in [1.82, 2.24) is 0 Å². The summed E-state index contributed by atoms with van der Waals surface area (Å²) in [5, 5.41) is 0. The molecule has 0 saturated heterocycles. The molecule has 1 heterocycles. The van der Waals surface area contributed by atoms with Crippen molar-refractivity contribution in [2.75, 3.05) is 0 Å². The number of carbonyl (C=O) groups excluding carboxylic acids is 2. The molecule has 0 radical (unpaired) electrons. The topological polar surface area (TPSA) is 43.4 Å². The van der Waals surface area contributed by atoms with Gasteiger partial charge in [0.15, 0.2) is 0 Å². The summed E-state index contributed by atoms with van der Waals surface area (Å²) in [5.74, 6) is -1.13. The Morgan fingerprint density at radius 2 is 2.00 bits per heavy atom. The van der Waals surface area contributed by atoms with Gasteiger partial charge in [0, 0.05) is 6.08 Å². The molecule has 0 saturated carbocycles. The van der Waals surface area contributed by atoms with E-state index in [1.54, 1.807) is 6.08 Å². The fourth-order valence-corrected chi connectivity index (χ4v) is 1.24. The summed E-state index contributed by atoms with van der Waals surface area (Å²) in [6, 6.07) is 0. The van der Waals surface area contributed by atoms with E-state index in [1.807, 2.05) is 12.2 Å². The van der Waals surface area contributed by atoms with Crippen LogP contribution in [0.25, 0.3) is 0 Å². The molecule has 0 N–H and O–H groups in total. The van der Waals surface area contributed by atoms with Gasteiger partial charge < -0.3 is 4.74 Å². The van der Waals surface area contributed by atoms with E-state index < -0.39 is 11.9 Å². The molecular formula is C12H14O3. The number of cyclic esters (lactones) is 2. The monoisotopic (exact) mass is 206 g/mol. The minimum Gasteiger partial charge on any atom is -0.386 e. The molecule has 80 valence electrons. The number of ether oxygens (including phenoxy) is 1. The third-order valence-electron chi connectivity index (χ3n) is 2.03. The van der Waals surface area contributed by atoms with Gasteiger partial charge in [0.05, 0.1) is 5.57 Å². The van der Waals surface area contributed by atoms with E-state index in [4.69, 9.17) is 0 Å². The van der Waals surface area contributed by atoms with Crippen LogP contribution in [0.1, 0.15) is 25.7 Å². The summed E-state index contributed by atoms with van der Waals surface area (Å²) in [5.41, 5.74) is 0.337. The quantitative estimate of drug-likeness (QED) is 0.290. The van der Waals surface area contributed by atoms with Crippen LogP contribution in [-0.4, -0.2) is 11.9 Å². The van der Waals surface area contributed by atoms with Crippen molar-refractivity contribution in [3.8, 4) is 0 Å². The molecule has 3 heteroatoms. The van der Waals surface area contributed by atoms with Crippen LogP contribution in [-0.2, 0) is 14.3 Å². The normalized spacial score (nSPS) is 15.6. The highest BCUT2D eigenvalue weighted by atomic mass is 16.6. The Hall–Kier alpha value is -1.64. The zero-order valence-electron chi connectivity index (χ0n) is 8.57. The van der Waals surface area contributed by atoms with Crippen molar-refractivity contribution < 1.29 is 14.3 Å². The Morgan fingerprint density at radius 3 is 2.60 bits per heavy atom. The fraction of sp³-hybridized carbons (Fsp3) is 0.333. The van der Waals surface area contributed by atoms with Crippen molar-refractivity contribution in [2.24, 2.45) is 0 Å². The van der Waals surface area contributed by atoms with Gasteiger partial charge in [-0.2, -0.15) is 0 Å². The lowest BCUT2D eigenvalue weighted by atomic mass is 10.1. The number of hydrogen-bond donors (Lipinski definition) is 0. The zero-order valence-corrected chi connectivity index (χ0v) is 8.57. The fourth-order valence-electron chi connectivity index (χ4n) is 1.24. The van der Waals surface area contributed by atoms with E-state index in [0.29, 0.717) is 5.57 Å². The SMILES string of the molecule is C=CCCCC/C=C/C1=CC(=O)OC1=O. The predicted octanol–water partition coefficient (Wildman–Crippen LogP) is 2.30. The molecule has 15 heavy (non-hydrogen) atoms. The second kappa shape index (κ2) is 5.96. The Bertz CT molecular complexity index is 324. The minimum atomic E-state index is -0.577. The van der Waals surface area contributed by atoms with Crippen molar-refractivity contribution in [1.29, 1.82) is 0 Å². The van der Waals surface area contributed by atoms with Crippen LogP contribution in [0.3, 0.4) is 0 Å². The first-order chi connectivity index (χ1) is 7.24. The molecule has 0 spiro atoms. The summed E-state index contributed by atoms with van der Waals surface area (Å²) in [6.45, 7) is 3.63. The first-order valence-corrected chi connectivity index (χ1v) is 4.99. The molecular weight excluding hydrogens is 192 g/mol. The van der Waals surface area contributed by atoms with Gasteiger partial charge >= 0.3 is 11.9 Å². The van der Waals surface area contributed by atoms with Crippen LogP contribution < -0.4 is 0 Å². The molecule has 0 bridgehead atoms. The highest BCUT2D eigenvalue weighted by molar-refractivity contribution is 6.10. The Labute approximate surface area is 89.1 Å². The number of hydrogen-bond acceptors (Lipinski definition) is 3. The van der Waals surface area contributed by atoms with Gasteiger partial charge in [0.25, 0.3) is 0 Å². The summed E-state index contributed by atoms with van der Waals surface area (Å²) < 4.78 is 4.33. The average molecular weight is 206 g/mol. The van der Waals surface area contributed by atoms with Gasteiger partial charge in [-0.25, -0.2) is 9.59 Å². The molecule has 0 aromatic rings. The lowest BCUT2D eigenvalue weighted by Crippen LogP contribution is -2.00. The molecule has 3 nitrogen and oxygen atoms in total. The molecule has 0 atom stereocenters. The van der Waals surface area contributed by atoms with Crippen LogP contribution in [0.4, 0.5) is 0 Å². The van der Waals surface area contributed by atoms with E-state index in [1.165, 1.54) is 6.08 Å². The summed E-state index contributed by atoms with van der Waals surface area (Å²) >= 11 is 0. The van der Waals surface area contributed by atoms with Crippen LogP contribution in [0, 0.1) is 0 Å². The second-order valence-electron chi connectivity index (χ2n) is 3.28. The van der Waals surface area contributed by atoms with Crippen LogP contribution in [0.2, 0.25) is 0 Å². The van der Waals surface area contributed by atoms with Crippen molar-refractivity contribution in [3.63, 3.8) is 0 Å². The minimum absolute atomic E-state index is 0.337. The van der Waals surface area contributed by atoms with Crippen molar-refractivity contribution in [2.45, 2.75) is 25.7 Å². The van der Waals surface area contributed by atoms with Crippen LogP contribution in [0.5, 0.6) is 0 Å². The standard InChI is InChI=1S/C12H14O3/c1-2-3-4-5-6-7-8-10-9-11(13)15-12(10)14/h2,7-9H,1,3-6H2/b8-7+. The van der Waals surface area contributed by atoms with Crippen LogP contribution >= 0.6 is 0 Å². The molecule has 0 amide bonds. The first-order valence-electron chi connectivity index (χ1n) is 4.99. The van der Waals surface area contributed by atoms with E-state index in [0.717, 1.165) is 25.7 Å². The van der Waals surface area contributed by atoms with Crippen molar-refractivity contribution in [3.05, 3.63) is 36.5 Å². The largest absolute Gasteiger partial charge is 0.386 e. The number of unbranched alkanes of at least 4 members (excludes halogenated alkanes) is 3. The number of rotatable bonds is 6. The summed E-state index contributed by atoms with van der Waals surface area (Å²) in [7, 11) is 0. The number of esters is 2. The van der Waals surface area contributed by atoms with Gasteiger partial charge in [-0.3, -0.25) is 0 Å². The van der Waals surface area contributed by atoms with Crippen LogP contribution in [0.15, 0.2) is 36.5 Å². The molecule has 1 rings (SSSR count). The maximum atomic E-state index is 11.0.